The molecule has 0 saturated heterocycles. The number of aromatic nitrogens is 2. The van der Waals surface area contributed by atoms with Gasteiger partial charge < -0.3 is 10.2 Å². The lowest BCUT2D eigenvalue weighted by molar-refractivity contribution is 0.326. The molecule has 1 aromatic heterocycles. The predicted octanol–water partition coefficient (Wildman–Crippen LogP) is 4.46. The summed E-state index contributed by atoms with van der Waals surface area (Å²) in [6.45, 7) is 4.84. The zero-order valence-electron chi connectivity index (χ0n) is 18.0. The Morgan fingerprint density at radius 3 is 2.43 bits per heavy atom. The number of likely N-dealkylation sites (N-methyl/N-ethyl adjacent to an activating group) is 2. The lowest BCUT2D eigenvalue weighted by atomic mass is 9.85. The molecule has 2 aromatic carbocycles. The number of fused-ring (bicyclic) bond motifs is 2. The maximum Gasteiger partial charge on any atom is 0.159 e. The zero-order chi connectivity index (χ0) is 21.3. The van der Waals surface area contributed by atoms with Crippen molar-refractivity contribution >= 4 is 10.9 Å². The molecule has 0 fully saturated rings. The summed E-state index contributed by atoms with van der Waals surface area (Å²) in [5.41, 5.74) is 6.63. The van der Waals surface area contributed by atoms with Crippen molar-refractivity contribution in [3.8, 4) is 0 Å². The topological polar surface area (TPSA) is 44.0 Å². The molecule has 0 amide bonds. The van der Waals surface area contributed by atoms with Crippen LogP contribution in [-0.2, 0) is 19.4 Å². The van der Waals surface area contributed by atoms with Gasteiger partial charge in [0.05, 0.1) is 5.52 Å². The summed E-state index contributed by atoms with van der Waals surface area (Å²) < 4.78 is 27.6. The van der Waals surface area contributed by atoms with Gasteiger partial charge in [-0.2, -0.15) is 5.10 Å². The van der Waals surface area contributed by atoms with Gasteiger partial charge in [-0.05, 0) is 93.1 Å². The van der Waals surface area contributed by atoms with Crippen LogP contribution in [0.5, 0.6) is 0 Å². The van der Waals surface area contributed by atoms with E-state index in [4.69, 9.17) is 0 Å². The summed E-state index contributed by atoms with van der Waals surface area (Å²) in [4.78, 5) is 2.33. The van der Waals surface area contributed by atoms with Crippen molar-refractivity contribution in [1.29, 1.82) is 0 Å². The van der Waals surface area contributed by atoms with Crippen LogP contribution in [0.2, 0.25) is 0 Å². The average molecular weight is 413 g/mol. The highest BCUT2D eigenvalue weighted by molar-refractivity contribution is 5.86. The molecule has 0 unspecified atom stereocenters. The number of nitrogens with zero attached hydrogens (tertiary/aromatic N) is 2. The van der Waals surface area contributed by atoms with E-state index < -0.39 is 11.6 Å². The summed E-state index contributed by atoms with van der Waals surface area (Å²) in [6.07, 6.45) is 3.38. The molecule has 4 rings (SSSR count). The van der Waals surface area contributed by atoms with E-state index >= 15 is 0 Å². The molecular formula is C24H30F2N4. The van der Waals surface area contributed by atoms with Crippen molar-refractivity contribution < 1.29 is 8.78 Å². The minimum absolute atomic E-state index is 0.330. The summed E-state index contributed by atoms with van der Waals surface area (Å²) in [5, 5.41) is 12.0. The van der Waals surface area contributed by atoms with Gasteiger partial charge in [-0.15, -0.1) is 0 Å². The Morgan fingerprint density at radius 1 is 1.13 bits per heavy atom. The van der Waals surface area contributed by atoms with Crippen molar-refractivity contribution in [2.24, 2.45) is 0 Å². The third kappa shape index (κ3) is 4.12. The van der Waals surface area contributed by atoms with Crippen LogP contribution >= 0.6 is 0 Å². The van der Waals surface area contributed by atoms with Crippen LogP contribution in [0.3, 0.4) is 0 Å². The Hall–Kier alpha value is -2.31. The molecule has 30 heavy (non-hydrogen) atoms. The molecule has 4 nitrogen and oxygen atoms in total. The molecule has 1 aliphatic rings. The number of hydrogen-bond donors (Lipinski definition) is 2. The first-order valence-electron chi connectivity index (χ1n) is 10.7. The molecule has 0 spiro atoms. The van der Waals surface area contributed by atoms with E-state index in [-0.39, 0.29) is 0 Å². The standard InChI is InChI=1S/C24H30F2N4/c1-15-23-22(29-28-15)9-8-19(14-30(3)11-10-27-2)24(23)16-4-6-17-12-20(25)21(26)13-18(17)7-5-16/h8-9,12-13,16,27H,4-7,10-11,14H2,1-3H3,(H,28,29). The Kier molecular flexibility index (Phi) is 6.16. The Bertz CT molecular complexity index is 1010. The van der Waals surface area contributed by atoms with Crippen LogP contribution in [0.15, 0.2) is 24.3 Å². The van der Waals surface area contributed by atoms with Crippen LogP contribution in [0.1, 0.15) is 46.7 Å². The van der Waals surface area contributed by atoms with E-state index in [1.807, 2.05) is 7.05 Å². The zero-order valence-corrected chi connectivity index (χ0v) is 18.0. The fraction of sp³-hybridized carbons (Fsp3) is 0.458. The number of nitrogens with one attached hydrogen (secondary N) is 2. The molecule has 0 radical (unpaired) electrons. The lowest BCUT2D eigenvalue weighted by Crippen LogP contribution is -2.27. The average Bonchev–Trinajstić information content (AvgIpc) is 2.98. The van der Waals surface area contributed by atoms with Gasteiger partial charge in [0, 0.05) is 30.7 Å². The van der Waals surface area contributed by atoms with Gasteiger partial charge in [0.25, 0.3) is 0 Å². The maximum absolute atomic E-state index is 13.8. The predicted molar refractivity (Wildman–Crippen MR) is 117 cm³/mol. The highest BCUT2D eigenvalue weighted by atomic mass is 19.2. The molecule has 3 aromatic rings. The number of halogens is 2. The number of benzene rings is 2. The van der Waals surface area contributed by atoms with Gasteiger partial charge in [-0.25, -0.2) is 8.78 Å². The second-order valence-electron chi connectivity index (χ2n) is 8.53. The molecule has 0 saturated carbocycles. The molecule has 1 heterocycles. The van der Waals surface area contributed by atoms with E-state index in [1.165, 1.54) is 28.6 Å². The van der Waals surface area contributed by atoms with E-state index in [0.717, 1.165) is 67.7 Å². The first kappa shape index (κ1) is 20.9. The first-order chi connectivity index (χ1) is 14.5. The molecule has 1 aliphatic carbocycles. The van der Waals surface area contributed by atoms with Crippen LogP contribution in [0.4, 0.5) is 8.78 Å². The lowest BCUT2D eigenvalue weighted by Gasteiger charge is -2.24. The number of hydrogen-bond acceptors (Lipinski definition) is 3. The Labute approximate surface area is 176 Å². The molecular weight excluding hydrogens is 382 g/mol. The van der Waals surface area contributed by atoms with Crippen molar-refractivity contribution in [1.82, 2.24) is 20.4 Å². The highest BCUT2D eigenvalue weighted by Crippen LogP contribution is 2.39. The summed E-state index contributed by atoms with van der Waals surface area (Å²) in [7, 11) is 4.11. The van der Waals surface area contributed by atoms with Gasteiger partial charge in [-0.3, -0.25) is 5.10 Å². The Morgan fingerprint density at radius 2 is 1.80 bits per heavy atom. The largest absolute Gasteiger partial charge is 0.318 e. The van der Waals surface area contributed by atoms with Gasteiger partial charge >= 0.3 is 0 Å². The summed E-state index contributed by atoms with van der Waals surface area (Å²) in [5.74, 6) is -1.16. The third-order valence-corrected chi connectivity index (χ3v) is 6.39. The number of aryl methyl sites for hydroxylation is 3. The maximum atomic E-state index is 13.8. The summed E-state index contributed by atoms with van der Waals surface area (Å²) >= 11 is 0. The second kappa shape index (κ2) is 8.82. The second-order valence-corrected chi connectivity index (χ2v) is 8.53. The third-order valence-electron chi connectivity index (χ3n) is 6.39. The van der Waals surface area contributed by atoms with E-state index in [9.17, 15) is 8.78 Å². The fourth-order valence-electron chi connectivity index (χ4n) is 4.80. The van der Waals surface area contributed by atoms with E-state index in [2.05, 4.69) is 46.5 Å². The number of H-pyrrole nitrogens is 1. The minimum atomic E-state index is -0.744. The monoisotopic (exact) mass is 412 g/mol. The van der Waals surface area contributed by atoms with E-state index in [1.54, 1.807) is 0 Å². The molecule has 6 heteroatoms. The molecule has 0 bridgehead atoms. The van der Waals surface area contributed by atoms with Crippen LogP contribution in [0, 0.1) is 18.6 Å². The van der Waals surface area contributed by atoms with Crippen molar-refractivity contribution in [3.05, 3.63) is 63.8 Å². The highest BCUT2D eigenvalue weighted by Gasteiger charge is 2.25. The van der Waals surface area contributed by atoms with Crippen molar-refractivity contribution in [2.75, 3.05) is 27.2 Å². The van der Waals surface area contributed by atoms with Gasteiger partial charge in [0.15, 0.2) is 11.6 Å². The minimum Gasteiger partial charge on any atom is -0.318 e. The fourth-order valence-corrected chi connectivity index (χ4v) is 4.80. The molecule has 0 atom stereocenters. The normalized spacial score (nSPS) is 15.0. The summed E-state index contributed by atoms with van der Waals surface area (Å²) in [6, 6.07) is 7.08. The Balaban J connectivity index is 1.70. The van der Waals surface area contributed by atoms with Gasteiger partial charge in [0.1, 0.15) is 0 Å². The van der Waals surface area contributed by atoms with Gasteiger partial charge in [0.2, 0.25) is 0 Å². The van der Waals surface area contributed by atoms with Crippen LogP contribution in [0.25, 0.3) is 10.9 Å². The van der Waals surface area contributed by atoms with Gasteiger partial charge in [-0.1, -0.05) is 6.07 Å². The van der Waals surface area contributed by atoms with Crippen molar-refractivity contribution in [3.63, 3.8) is 0 Å². The molecule has 0 aliphatic heterocycles. The van der Waals surface area contributed by atoms with Crippen LogP contribution < -0.4 is 5.32 Å². The number of rotatable bonds is 6. The van der Waals surface area contributed by atoms with Crippen molar-refractivity contribution in [2.45, 2.75) is 45.1 Å². The smallest absolute Gasteiger partial charge is 0.159 e. The SMILES string of the molecule is CNCCN(C)Cc1ccc2n[nH]c(C)c2c1C1CCc2cc(F)c(F)cc2CC1. The molecule has 160 valence electrons. The molecule has 2 N–H and O–H groups in total. The van der Waals surface area contributed by atoms with E-state index in [0.29, 0.717) is 5.92 Å². The van der Waals surface area contributed by atoms with Crippen LogP contribution in [-0.4, -0.2) is 42.3 Å². The first-order valence-corrected chi connectivity index (χ1v) is 10.7. The number of aromatic amines is 1. The quantitative estimate of drug-likeness (QED) is 0.588.